The molecule has 1 unspecified atom stereocenters. The van der Waals surface area contributed by atoms with Crippen LogP contribution in [0.2, 0.25) is 0 Å². The fourth-order valence-electron chi connectivity index (χ4n) is 1.64. The summed E-state index contributed by atoms with van der Waals surface area (Å²) in [5.74, 6) is -0.264. The molecule has 0 amide bonds. The summed E-state index contributed by atoms with van der Waals surface area (Å²) >= 11 is 3.06. The van der Waals surface area contributed by atoms with E-state index in [1.165, 1.54) is 6.07 Å². The van der Waals surface area contributed by atoms with Crippen LogP contribution in [0.3, 0.4) is 0 Å². The second kappa shape index (κ2) is 8.57. The molecular formula is C13H17BrF3NO3. The fourth-order valence-corrected chi connectivity index (χ4v) is 2.14. The lowest BCUT2D eigenvalue weighted by Crippen LogP contribution is -2.31. The van der Waals surface area contributed by atoms with E-state index in [1.54, 1.807) is 26.4 Å². The molecule has 0 bridgehead atoms. The van der Waals surface area contributed by atoms with Crippen LogP contribution in [0.15, 0.2) is 22.7 Å². The van der Waals surface area contributed by atoms with Crippen LogP contribution in [-0.4, -0.2) is 39.8 Å². The summed E-state index contributed by atoms with van der Waals surface area (Å²) in [6.45, 7) is 1.53. The van der Waals surface area contributed by atoms with E-state index in [1.807, 2.05) is 0 Å². The van der Waals surface area contributed by atoms with Gasteiger partial charge in [-0.1, -0.05) is 6.07 Å². The third kappa shape index (κ3) is 7.12. The Morgan fingerprint density at radius 2 is 2.00 bits per heavy atom. The molecule has 0 aromatic heterocycles. The first kappa shape index (κ1) is 18.2. The van der Waals surface area contributed by atoms with Crippen LogP contribution in [0, 0.1) is 0 Å². The van der Waals surface area contributed by atoms with Crippen LogP contribution < -0.4 is 10.1 Å². The number of ether oxygens (including phenoxy) is 3. The van der Waals surface area contributed by atoms with Crippen LogP contribution >= 0.6 is 15.9 Å². The van der Waals surface area contributed by atoms with Gasteiger partial charge in [-0.25, -0.2) is 0 Å². The second-order valence-corrected chi connectivity index (χ2v) is 5.11. The van der Waals surface area contributed by atoms with Crippen LogP contribution in [-0.2, 0) is 16.0 Å². The van der Waals surface area contributed by atoms with Crippen molar-refractivity contribution >= 4 is 15.9 Å². The number of hydrogen-bond donors (Lipinski definition) is 1. The fraction of sp³-hybridized carbons (Fsp3) is 0.538. The molecule has 1 aromatic rings. The first-order valence-electron chi connectivity index (χ1n) is 6.12. The Bertz CT molecular complexity index is 443. The monoisotopic (exact) mass is 371 g/mol. The summed E-state index contributed by atoms with van der Waals surface area (Å²) in [5.41, 5.74) is 0.823. The van der Waals surface area contributed by atoms with Crippen molar-refractivity contribution in [2.45, 2.75) is 19.0 Å². The van der Waals surface area contributed by atoms with E-state index in [0.29, 0.717) is 19.7 Å². The molecule has 0 saturated heterocycles. The highest BCUT2D eigenvalue weighted by molar-refractivity contribution is 9.10. The lowest BCUT2D eigenvalue weighted by Gasteiger charge is -2.15. The highest BCUT2D eigenvalue weighted by atomic mass is 79.9. The minimum absolute atomic E-state index is 0.0775. The normalized spacial score (nSPS) is 13.2. The topological polar surface area (TPSA) is 39.7 Å². The molecule has 0 aliphatic rings. The van der Waals surface area contributed by atoms with Gasteiger partial charge in [0.15, 0.2) is 0 Å². The Balaban J connectivity index is 2.52. The first-order valence-corrected chi connectivity index (χ1v) is 6.91. The molecule has 0 fully saturated rings. The van der Waals surface area contributed by atoms with E-state index in [2.05, 4.69) is 26.0 Å². The maximum Gasteiger partial charge on any atom is 0.573 e. The summed E-state index contributed by atoms with van der Waals surface area (Å²) in [6.07, 6.45) is -4.78. The molecule has 1 rings (SSSR count). The van der Waals surface area contributed by atoms with E-state index in [-0.39, 0.29) is 16.3 Å². The van der Waals surface area contributed by atoms with Crippen molar-refractivity contribution in [2.75, 3.05) is 27.4 Å². The number of rotatable bonds is 8. The quantitative estimate of drug-likeness (QED) is 0.762. The highest BCUT2D eigenvalue weighted by Gasteiger charge is 2.31. The molecule has 4 nitrogen and oxygen atoms in total. The molecule has 8 heteroatoms. The van der Waals surface area contributed by atoms with Gasteiger partial charge in [-0.2, -0.15) is 0 Å². The van der Waals surface area contributed by atoms with E-state index < -0.39 is 6.36 Å². The van der Waals surface area contributed by atoms with Crippen molar-refractivity contribution in [1.29, 1.82) is 0 Å². The Hall–Kier alpha value is -0.830. The molecule has 120 valence electrons. The largest absolute Gasteiger partial charge is 0.573 e. The van der Waals surface area contributed by atoms with Crippen molar-refractivity contribution < 1.29 is 27.4 Å². The van der Waals surface area contributed by atoms with Gasteiger partial charge < -0.3 is 19.5 Å². The molecule has 0 saturated carbocycles. The first-order chi connectivity index (χ1) is 9.85. The predicted molar refractivity (Wildman–Crippen MR) is 75.2 cm³/mol. The van der Waals surface area contributed by atoms with E-state index in [9.17, 15) is 13.2 Å². The smallest absolute Gasteiger partial charge is 0.405 e. The Morgan fingerprint density at radius 1 is 1.29 bits per heavy atom. The molecule has 0 aliphatic heterocycles. The van der Waals surface area contributed by atoms with Gasteiger partial charge in [0.25, 0.3) is 0 Å². The third-order valence-corrected chi connectivity index (χ3v) is 3.23. The summed E-state index contributed by atoms with van der Waals surface area (Å²) in [5, 5.41) is 3.14. The molecular weight excluding hydrogens is 355 g/mol. The molecule has 1 aromatic carbocycles. The van der Waals surface area contributed by atoms with E-state index in [4.69, 9.17) is 9.47 Å². The third-order valence-electron chi connectivity index (χ3n) is 2.61. The van der Waals surface area contributed by atoms with Crippen LogP contribution in [0.4, 0.5) is 13.2 Å². The van der Waals surface area contributed by atoms with Gasteiger partial charge in [0.2, 0.25) is 0 Å². The van der Waals surface area contributed by atoms with Crippen LogP contribution in [0.25, 0.3) is 0 Å². The molecule has 1 atom stereocenters. The number of nitrogens with one attached hydrogen (secondary N) is 1. The number of alkyl halides is 3. The summed E-state index contributed by atoms with van der Waals surface area (Å²) in [4.78, 5) is 0. The maximum absolute atomic E-state index is 12.1. The molecule has 0 radical (unpaired) electrons. The molecule has 21 heavy (non-hydrogen) atoms. The summed E-state index contributed by atoms with van der Waals surface area (Å²) < 4.78 is 50.7. The number of benzene rings is 1. The van der Waals surface area contributed by atoms with Gasteiger partial charge >= 0.3 is 6.36 Å². The van der Waals surface area contributed by atoms with E-state index in [0.717, 1.165) is 5.56 Å². The zero-order valence-corrected chi connectivity index (χ0v) is 13.3. The van der Waals surface area contributed by atoms with Crippen LogP contribution in [0.1, 0.15) is 5.56 Å². The van der Waals surface area contributed by atoms with Crippen molar-refractivity contribution in [3.05, 3.63) is 28.2 Å². The SMILES string of the molecule is COCC(CNCc1ccc(OC(F)(F)F)c(Br)c1)OC. The lowest BCUT2D eigenvalue weighted by molar-refractivity contribution is -0.274. The number of methoxy groups -OCH3 is 2. The molecule has 0 aliphatic carbocycles. The molecule has 1 N–H and O–H groups in total. The zero-order valence-electron chi connectivity index (χ0n) is 11.7. The van der Waals surface area contributed by atoms with Crippen LogP contribution in [0.5, 0.6) is 5.75 Å². The maximum atomic E-state index is 12.1. The summed E-state index contributed by atoms with van der Waals surface area (Å²) in [7, 11) is 3.17. The predicted octanol–water partition coefficient (Wildman–Crippen LogP) is 3.10. The van der Waals surface area contributed by atoms with Gasteiger partial charge in [0.05, 0.1) is 17.2 Å². The average Bonchev–Trinajstić information content (AvgIpc) is 2.39. The number of hydrogen-bond acceptors (Lipinski definition) is 4. The van der Waals surface area contributed by atoms with Crippen molar-refractivity contribution in [3.8, 4) is 5.75 Å². The molecule has 0 spiro atoms. The average molecular weight is 372 g/mol. The number of halogens is 4. The minimum atomic E-state index is -4.70. The van der Waals surface area contributed by atoms with E-state index >= 15 is 0 Å². The van der Waals surface area contributed by atoms with Crippen molar-refractivity contribution in [2.24, 2.45) is 0 Å². The zero-order chi connectivity index (χ0) is 15.9. The Kier molecular flexibility index (Phi) is 7.44. The Labute approximate surface area is 129 Å². The van der Waals surface area contributed by atoms with Gasteiger partial charge in [-0.3, -0.25) is 0 Å². The standard InChI is InChI=1S/C13H17BrF3NO3/c1-19-8-10(20-2)7-18-6-9-3-4-12(11(14)5-9)21-13(15,16)17/h3-5,10,18H,6-8H2,1-2H3. The minimum Gasteiger partial charge on any atom is -0.405 e. The second-order valence-electron chi connectivity index (χ2n) is 4.26. The lowest BCUT2D eigenvalue weighted by atomic mass is 10.2. The van der Waals surface area contributed by atoms with Crippen molar-refractivity contribution in [1.82, 2.24) is 5.32 Å². The summed E-state index contributed by atoms with van der Waals surface area (Å²) in [6, 6.07) is 4.42. The van der Waals surface area contributed by atoms with Gasteiger partial charge in [-0.15, -0.1) is 13.2 Å². The van der Waals surface area contributed by atoms with Crippen molar-refractivity contribution in [3.63, 3.8) is 0 Å². The molecule has 0 heterocycles. The highest BCUT2D eigenvalue weighted by Crippen LogP contribution is 2.30. The van der Waals surface area contributed by atoms with Gasteiger partial charge in [-0.05, 0) is 33.6 Å². The van der Waals surface area contributed by atoms with Gasteiger partial charge in [0, 0.05) is 27.3 Å². The van der Waals surface area contributed by atoms with Gasteiger partial charge in [0.1, 0.15) is 5.75 Å². The Morgan fingerprint density at radius 3 is 2.52 bits per heavy atom.